The molecular weight excluding hydrogens is 410 g/mol. The van der Waals surface area contributed by atoms with Crippen molar-refractivity contribution in [2.45, 2.75) is 24.3 Å². The Bertz CT molecular complexity index is 1240. The summed E-state index contributed by atoms with van der Waals surface area (Å²) in [6, 6.07) is 12.8. The zero-order valence-corrected chi connectivity index (χ0v) is 17.5. The Morgan fingerprint density at radius 1 is 1.21 bits per heavy atom. The van der Waals surface area contributed by atoms with Gasteiger partial charge in [0.15, 0.2) is 5.16 Å². The summed E-state index contributed by atoms with van der Waals surface area (Å²) in [5.41, 5.74) is 2.78. The molecule has 6 nitrogen and oxygen atoms in total. The molecule has 0 spiro atoms. The van der Waals surface area contributed by atoms with Crippen LogP contribution in [0.4, 0.5) is 0 Å². The lowest BCUT2D eigenvalue weighted by Crippen LogP contribution is -2.02. The summed E-state index contributed by atoms with van der Waals surface area (Å²) in [6.45, 7) is 2.01. The topological polar surface area (TPSA) is 70.2 Å². The second-order valence-corrected chi connectivity index (χ2v) is 7.68. The van der Waals surface area contributed by atoms with E-state index in [-0.39, 0.29) is 5.63 Å². The van der Waals surface area contributed by atoms with Gasteiger partial charge in [0, 0.05) is 22.2 Å². The molecule has 0 aliphatic rings. The molecule has 148 valence electrons. The summed E-state index contributed by atoms with van der Waals surface area (Å²) >= 11 is 7.86. The number of hydrogen-bond donors (Lipinski definition) is 0. The zero-order valence-electron chi connectivity index (χ0n) is 15.9. The first-order chi connectivity index (χ1) is 14.1. The van der Waals surface area contributed by atoms with E-state index >= 15 is 0 Å². The van der Waals surface area contributed by atoms with E-state index in [2.05, 4.69) is 10.2 Å². The second-order valence-electron chi connectivity index (χ2n) is 6.33. The molecular formula is C21H18ClN3O3S. The molecule has 2 aromatic heterocycles. The predicted molar refractivity (Wildman–Crippen MR) is 114 cm³/mol. The minimum Gasteiger partial charge on any atom is -0.495 e. The van der Waals surface area contributed by atoms with E-state index in [1.807, 2.05) is 47.9 Å². The summed E-state index contributed by atoms with van der Waals surface area (Å²) < 4.78 is 12.7. The van der Waals surface area contributed by atoms with Gasteiger partial charge in [0.1, 0.15) is 17.7 Å². The molecule has 0 saturated carbocycles. The van der Waals surface area contributed by atoms with Gasteiger partial charge in [0.25, 0.3) is 0 Å². The molecule has 0 fully saturated rings. The SMILES string of the molecule is CCc1cc2oc(=O)cc(CSc3nncn3-c3ccccc3OC)c2cc1Cl. The number of rotatable bonds is 6. The standard InChI is InChI=1S/C21H18ClN3O3S/c1-3-13-8-19-15(10-16(13)22)14(9-20(26)28-19)11-29-21-24-23-12-25(21)17-6-4-5-7-18(17)27-2/h4-10,12H,3,11H2,1-2H3. The Hall–Kier alpha value is -2.77. The minimum absolute atomic E-state index is 0.385. The average molecular weight is 428 g/mol. The molecule has 0 bridgehead atoms. The zero-order chi connectivity index (χ0) is 20.4. The van der Waals surface area contributed by atoms with Crippen molar-refractivity contribution in [3.8, 4) is 11.4 Å². The lowest BCUT2D eigenvalue weighted by Gasteiger charge is -2.11. The molecule has 0 atom stereocenters. The monoisotopic (exact) mass is 427 g/mol. The van der Waals surface area contributed by atoms with E-state index in [0.717, 1.165) is 34.4 Å². The first-order valence-corrected chi connectivity index (χ1v) is 10.4. The lowest BCUT2D eigenvalue weighted by atomic mass is 10.1. The number of ether oxygens (including phenoxy) is 1. The highest BCUT2D eigenvalue weighted by Gasteiger charge is 2.14. The van der Waals surface area contributed by atoms with Crippen LogP contribution < -0.4 is 10.4 Å². The number of nitrogens with zero attached hydrogens (tertiary/aromatic N) is 3. The van der Waals surface area contributed by atoms with Gasteiger partial charge in [-0.2, -0.15) is 0 Å². The molecule has 4 aromatic rings. The van der Waals surface area contributed by atoms with E-state index in [1.165, 1.54) is 17.8 Å². The third-order valence-corrected chi connectivity index (χ3v) is 5.94. The lowest BCUT2D eigenvalue weighted by molar-refractivity contribution is 0.412. The number of halogens is 1. The smallest absolute Gasteiger partial charge is 0.336 e. The van der Waals surface area contributed by atoms with Crippen molar-refractivity contribution in [3.05, 3.63) is 75.4 Å². The maximum absolute atomic E-state index is 12.1. The summed E-state index contributed by atoms with van der Waals surface area (Å²) in [5.74, 6) is 1.23. The fourth-order valence-electron chi connectivity index (χ4n) is 3.14. The van der Waals surface area contributed by atoms with Crippen LogP contribution in [0.15, 0.2) is 63.2 Å². The molecule has 0 unspecified atom stereocenters. The fourth-order valence-corrected chi connectivity index (χ4v) is 4.35. The number of benzene rings is 2. The number of para-hydroxylation sites is 2. The van der Waals surface area contributed by atoms with Crippen LogP contribution in [0.3, 0.4) is 0 Å². The number of thioether (sulfide) groups is 1. The number of methoxy groups -OCH3 is 1. The Morgan fingerprint density at radius 3 is 2.83 bits per heavy atom. The summed E-state index contributed by atoms with van der Waals surface area (Å²) in [6.07, 6.45) is 2.40. The van der Waals surface area contributed by atoms with Crippen LogP contribution in [0.5, 0.6) is 5.75 Å². The fraction of sp³-hybridized carbons (Fsp3) is 0.190. The minimum atomic E-state index is -0.385. The van der Waals surface area contributed by atoms with Crippen LogP contribution in [0, 0.1) is 0 Å². The van der Waals surface area contributed by atoms with Gasteiger partial charge in [-0.1, -0.05) is 42.4 Å². The molecule has 29 heavy (non-hydrogen) atoms. The van der Waals surface area contributed by atoms with E-state index in [4.69, 9.17) is 20.8 Å². The third kappa shape index (κ3) is 3.88. The number of hydrogen-bond acceptors (Lipinski definition) is 6. The van der Waals surface area contributed by atoms with Crippen molar-refractivity contribution < 1.29 is 9.15 Å². The Morgan fingerprint density at radius 2 is 2.03 bits per heavy atom. The molecule has 0 aliphatic carbocycles. The van der Waals surface area contributed by atoms with Gasteiger partial charge in [0.2, 0.25) is 0 Å². The molecule has 8 heteroatoms. The molecule has 0 saturated heterocycles. The molecule has 4 rings (SSSR count). The van der Waals surface area contributed by atoms with Crippen LogP contribution in [0.25, 0.3) is 16.7 Å². The van der Waals surface area contributed by atoms with Crippen LogP contribution >= 0.6 is 23.4 Å². The van der Waals surface area contributed by atoms with Crippen LogP contribution in [-0.4, -0.2) is 21.9 Å². The van der Waals surface area contributed by atoms with Crippen molar-refractivity contribution in [2.75, 3.05) is 7.11 Å². The number of fused-ring (bicyclic) bond motifs is 1. The van der Waals surface area contributed by atoms with Crippen LogP contribution in [0.1, 0.15) is 18.1 Å². The largest absolute Gasteiger partial charge is 0.495 e. The van der Waals surface area contributed by atoms with Gasteiger partial charge >= 0.3 is 5.63 Å². The van der Waals surface area contributed by atoms with Gasteiger partial charge in [-0.15, -0.1) is 10.2 Å². The van der Waals surface area contributed by atoms with Gasteiger partial charge in [0.05, 0.1) is 12.8 Å². The third-order valence-electron chi connectivity index (χ3n) is 4.60. The van der Waals surface area contributed by atoms with Crippen molar-refractivity contribution in [1.29, 1.82) is 0 Å². The average Bonchev–Trinajstić information content (AvgIpc) is 3.20. The molecule has 0 radical (unpaired) electrons. The van der Waals surface area contributed by atoms with Gasteiger partial charge < -0.3 is 9.15 Å². The van der Waals surface area contributed by atoms with Gasteiger partial charge in [-0.05, 0) is 41.8 Å². The number of aryl methyl sites for hydroxylation is 1. The molecule has 0 aliphatic heterocycles. The first-order valence-electron chi connectivity index (χ1n) is 9.02. The van der Waals surface area contributed by atoms with Crippen LogP contribution in [0.2, 0.25) is 5.02 Å². The summed E-state index contributed by atoms with van der Waals surface area (Å²) in [4.78, 5) is 12.1. The molecule has 0 amide bonds. The van der Waals surface area contributed by atoms with Gasteiger partial charge in [-0.25, -0.2) is 4.79 Å². The quantitative estimate of drug-likeness (QED) is 0.322. The van der Waals surface area contributed by atoms with E-state index in [0.29, 0.717) is 21.5 Å². The van der Waals surface area contributed by atoms with E-state index < -0.39 is 0 Å². The maximum atomic E-state index is 12.1. The summed E-state index contributed by atoms with van der Waals surface area (Å²) in [5, 5.41) is 10.4. The second kappa shape index (κ2) is 8.31. The molecule has 2 aromatic carbocycles. The van der Waals surface area contributed by atoms with Crippen LogP contribution in [-0.2, 0) is 12.2 Å². The predicted octanol–water partition coefficient (Wildman–Crippen LogP) is 4.89. The van der Waals surface area contributed by atoms with E-state index in [1.54, 1.807) is 13.4 Å². The Labute approximate surface area is 176 Å². The normalized spacial score (nSPS) is 11.1. The Balaban J connectivity index is 1.69. The molecule has 2 heterocycles. The van der Waals surface area contributed by atoms with Crippen molar-refractivity contribution in [1.82, 2.24) is 14.8 Å². The highest BCUT2D eigenvalue weighted by atomic mass is 35.5. The number of aromatic nitrogens is 3. The summed E-state index contributed by atoms with van der Waals surface area (Å²) in [7, 11) is 1.62. The molecule has 0 N–H and O–H groups in total. The van der Waals surface area contributed by atoms with Gasteiger partial charge in [-0.3, -0.25) is 4.57 Å². The highest BCUT2D eigenvalue weighted by molar-refractivity contribution is 7.98. The Kier molecular flexibility index (Phi) is 5.60. The maximum Gasteiger partial charge on any atom is 0.336 e. The highest BCUT2D eigenvalue weighted by Crippen LogP contribution is 2.31. The van der Waals surface area contributed by atoms with E-state index in [9.17, 15) is 4.79 Å². The van der Waals surface area contributed by atoms with Crippen molar-refractivity contribution in [3.63, 3.8) is 0 Å². The van der Waals surface area contributed by atoms with Crippen molar-refractivity contribution >= 4 is 34.3 Å². The first kappa shape index (κ1) is 19.5. The van der Waals surface area contributed by atoms with Crippen molar-refractivity contribution in [2.24, 2.45) is 0 Å².